The number of carbonyl (C=O) groups excluding carboxylic acids is 1. The molecule has 0 aromatic carbocycles. The van der Waals surface area contributed by atoms with Gasteiger partial charge in [0.05, 0.1) is 24.2 Å². The highest BCUT2D eigenvalue weighted by Gasteiger charge is 2.37. The van der Waals surface area contributed by atoms with Crippen LogP contribution in [-0.4, -0.2) is 55.4 Å². The Labute approximate surface area is 102 Å². The van der Waals surface area contributed by atoms with Gasteiger partial charge in [-0.2, -0.15) is 0 Å². The molecular weight excluding hydrogens is 220 g/mol. The van der Waals surface area contributed by atoms with Gasteiger partial charge < -0.3 is 20.1 Å². The van der Waals surface area contributed by atoms with Crippen LogP contribution in [-0.2, 0) is 14.3 Å². The molecule has 0 saturated carbocycles. The summed E-state index contributed by atoms with van der Waals surface area (Å²) in [6.07, 6.45) is 0.786. The summed E-state index contributed by atoms with van der Waals surface area (Å²) in [6.45, 7) is 6.96. The van der Waals surface area contributed by atoms with Gasteiger partial charge in [0.2, 0.25) is 5.91 Å². The molecule has 98 valence electrons. The van der Waals surface area contributed by atoms with Crippen LogP contribution in [0.5, 0.6) is 0 Å². The molecule has 5 heteroatoms. The van der Waals surface area contributed by atoms with Crippen LogP contribution in [0.3, 0.4) is 0 Å². The predicted molar refractivity (Wildman–Crippen MR) is 63.5 cm³/mol. The minimum atomic E-state index is -0.308. The zero-order valence-corrected chi connectivity index (χ0v) is 10.6. The third kappa shape index (κ3) is 2.97. The van der Waals surface area contributed by atoms with Crippen LogP contribution in [0.25, 0.3) is 0 Å². The summed E-state index contributed by atoms with van der Waals surface area (Å²) in [4.78, 5) is 14.2. The number of ether oxygens (including phenoxy) is 2. The SMILES string of the molecule is CC1(C)CN(C(=O)C2CCOC2)CC(CN)O1. The summed E-state index contributed by atoms with van der Waals surface area (Å²) in [7, 11) is 0. The first-order valence-corrected chi connectivity index (χ1v) is 6.26. The summed E-state index contributed by atoms with van der Waals surface area (Å²) in [5.41, 5.74) is 5.34. The maximum absolute atomic E-state index is 12.3. The third-order valence-corrected chi connectivity index (χ3v) is 3.33. The van der Waals surface area contributed by atoms with E-state index in [1.54, 1.807) is 0 Å². The first-order valence-electron chi connectivity index (χ1n) is 6.26. The lowest BCUT2D eigenvalue weighted by Crippen LogP contribution is -2.57. The number of nitrogens with two attached hydrogens (primary N) is 1. The van der Waals surface area contributed by atoms with Crippen molar-refractivity contribution in [3.05, 3.63) is 0 Å². The topological polar surface area (TPSA) is 64.8 Å². The number of carbonyl (C=O) groups is 1. The lowest BCUT2D eigenvalue weighted by Gasteiger charge is -2.43. The summed E-state index contributed by atoms with van der Waals surface area (Å²) < 4.78 is 11.1. The van der Waals surface area contributed by atoms with Gasteiger partial charge in [-0.15, -0.1) is 0 Å². The van der Waals surface area contributed by atoms with Crippen LogP contribution in [0.1, 0.15) is 20.3 Å². The van der Waals surface area contributed by atoms with Crippen LogP contribution in [0.4, 0.5) is 0 Å². The van der Waals surface area contributed by atoms with E-state index in [4.69, 9.17) is 15.2 Å². The number of amides is 1. The van der Waals surface area contributed by atoms with Crippen molar-refractivity contribution in [1.82, 2.24) is 4.90 Å². The van der Waals surface area contributed by atoms with Gasteiger partial charge in [-0.05, 0) is 20.3 Å². The summed E-state index contributed by atoms with van der Waals surface area (Å²) in [6, 6.07) is 0. The Morgan fingerprint density at radius 2 is 2.29 bits per heavy atom. The van der Waals surface area contributed by atoms with Gasteiger partial charge in [0.15, 0.2) is 0 Å². The molecule has 2 aliphatic rings. The molecule has 2 unspecified atom stereocenters. The zero-order valence-electron chi connectivity index (χ0n) is 10.6. The molecule has 0 bridgehead atoms. The van der Waals surface area contributed by atoms with Gasteiger partial charge >= 0.3 is 0 Å². The van der Waals surface area contributed by atoms with E-state index in [0.717, 1.165) is 6.42 Å². The fraction of sp³-hybridized carbons (Fsp3) is 0.917. The Morgan fingerprint density at radius 3 is 2.88 bits per heavy atom. The standard InChI is InChI=1S/C12H22N2O3/c1-12(2)8-14(6-10(5-13)17-12)11(15)9-3-4-16-7-9/h9-10H,3-8,13H2,1-2H3. The molecule has 0 aromatic heterocycles. The molecule has 2 fully saturated rings. The number of hydrogen-bond donors (Lipinski definition) is 1. The number of rotatable bonds is 2. The van der Waals surface area contributed by atoms with Gasteiger partial charge in [0, 0.05) is 26.2 Å². The van der Waals surface area contributed by atoms with Gasteiger partial charge in [-0.25, -0.2) is 0 Å². The molecule has 2 N–H and O–H groups in total. The normalized spacial score (nSPS) is 32.8. The molecular formula is C12H22N2O3. The van der Waals surface area contributed by atoms with E-state index in [1.165, 1.54) is 0 Å². The molecule has 0 spiro atoms. The highest BCUT2D eigenvalue weighted by Crippen LogP contribution is 2.24. The number of morpholine rings is 1. The highest BCUT2D eigenvalue weighted by atomic mass is 16.5. The minimum absolute atomic E-state index is 0.0299. The molecule has 1 amide bonds. The molecule has 0 radical (unpaired) electrons. The van der Waals surface area contributed by atoms with Crippen molar-refractivity contribution >= 4 is 5.91 Å². The fourth-order valence-electron chi connectivity index (χ4n) is 2.57. The van der Waals surface area contributed by atoms with Crippen LogP contribution in [0.15, 0.2) is 0 Å². The maximum Gasteiger partial charge on any atom is 0.228 e. The number of hydrogen-bond acceptors (Lipinski definition) is 4. The van der Waals surface area contributed by atoms with Crippen molar-refractivity contribution in [2.45, 2.75) is 32.0 Å². The van der Waals surface area contributed by atoms with E-state index in [1.807, 2.05) is 18.7 Å². The van der Waals surface area contributed by atoms with Crippen molar-refractivity contribution in [3.63, 3.8) is 0 Å². The smallest absolute Gasteiger partial charge is 0.228 e. The molecule has 2 aliphatic heterocycles. The second-order valence-electron chi connectivity index (χ2n) is 5.51. The van der Waals surface area contributed by atoms with Crippen LogP contribution in [0.2, 0.25) is 0 Å². The van der Waals surface area contributed by atoms with E-state index >= 15 is 0 Å². The molecule has 17 heavy (non-hydrogen) atoms. The monoisotopic (exact) mass is 242 g/mol. The van der Waals surface area contributed by atoms with Gasteiger partial charge in [-0.1, -0.05) is 0 Å². The quantitative estimate of drug-likeness (QED) is 0.739. The van der Waals surface area contributed by atoms with E-state index in [2.05, 4.69) is 0 Å². The van der Waals surface area contributed by atoms with Gasteiger partial charge in [0.1, 0.15) is 0 Å². The molecule has 2 saturated heterocycles. The molecule has 0 aliphatic carbocycles. The average Bonchev–Trinajstić information content (AvgIpc) is 2.79. The highest BCUT2D eigenvalue weighted by molar-refractivity contribution is 5.79. The lowest BCUT2D eigenvalue weighted by atomic mass is 10.0. The van der Waals surface area contributed by atoms with Gasteiger partial charge in [0.25, 0.3) is 0 Å². The molecule has 5 nitrogen and oxygen atoms in total. The predicted octanol–water partition coefficient (Wildman–Crippen LogP) is -0.0124. The van der Waals surface area contributed by atoms with E-state index < -0.39 is 0 Å². The second kappa shape index (κ2) is 4.92. The molecule has 0 aromatic rings. The van der Waals surface area contributed by atoms with Crippen LogP contribution in [0, 0.1) is 5.92 Å². The largest absolute Gasteiger partial charge is 0.381 e. The summed E-state index contributed by atoms with van der Waals surface area (Å²) >= 11 is 0. The van der Waals surface area contributed by atoms with Crippen molar-refractivity contribution in [1.29, 1.82) is 0 Å². The van der Waals surface area contributed by atoms with Gasteiger partial charge in [-0.3, -0.25) is 4.79 Å². The third-order valence-electron chi connectivity index (χ3n) is 3.33. The summed E-state index contributed by atoms with van der Waals surface area (Å²) in [5.74, 6) is 0.222. The second-order valence-corrected chi connectivity index (χ2v) is 5.51. The van der Waals surface area contributed by atoms with Crippen molar-refractivity contribution in [3.8, 4) is 0 Å². The van der Waals surface area contributed by atoms with E-state index in [9.17, 15) is 4.79 Å². The molecule has 2 rings (SSSR count). The summed E-state index contributed by atoms with van der Waals surface area (Å²) in [5, 5.41) is 0. The van der Waals surface area contributed by atoms with Crippen LogP contribution >= 0.6 is 0 Å². The number of nitrogens with zero attached hydrogens (tertiary/aromatic N) is 1. The Balaban J connectivity index is 2.01. The molecule has 2 atom stereocenters. The van der Waals surface area contributed by atoms with Crippen molar-refractivity contribution in [2.24, 2.45) is 11.7 Å². The zero-order chi connectivity index (χ0) is 12.5. The Hall–Kier alpha value is -0.650. The minimum Gasteiger partial charge on any atom is -0.381 e. The van der Waals surface area contributed by atoms with E-state index in [0.29, 0.717) is 32.8 Å². The fourth-order valence-corrected chi connectivity index (χ4v) is 2.57. The van der Waals surface area contributed by atoms with Crippen LogP contribution < -0.4 is 5.73 Å². The Bertz CT molecular complexity index is 287. The molecule has 2 heterocycles. The Morgan fingerprint density at radius 1 is 1.53 bits per heavy atom. The average molecular weight is 242 g/mol. The van der Waals surface area contributed by atoms with Crippen molar-refractivity contribution < 1.29 is 14.3 Å². The first-order chi connectivity index (χ1) is 8.02. The Kier molecular flexibility index (Phi) is 3.70. The maximum atomic E-state index is 12.3. The lowest BCUT2D eigenvalue weighted by molar-refractivity contribution is -0.162. The van der Waals surface area contributed by atoms with E-state index in [-0.39, 0.29) is 23.5 Å². The van der Waals surface area contributed by atoms with Crippen molar-refractivity contribution in [2.75, 3.05) is 32.8 Å². The first kappa shape index (κ1) is 12.8.